The van der Waals surface area contributed by atoms with Gasteiger partial charge in [-0.25, -0.2) is 4.98 Å². The highest BCUT2D eigenvalue weighted by Crippen LogP contribution is 2.16. The monoisotopic (exact) mass is 269 g/mol. The Hall–Kier alpha value is -1.34. The van der Waals surface area contributed by atoms with Gasteiger partial charge in [0.05, 0.1) is 6.20 Å². The van der Waals surface area contributed by atoms with Gasteiger partial charge in [-0.15, -0.1) is 0 Å². The van der Waals surface area contributed by atoms with Crippen LogP contribution in [-0.4, -0.2) is 35.3 Å². The molecular weight excluding hydrogens is 254 g/mol. The molecule has 0 saturated carbocycles. The average Bonchev–Trinajstić information content (AvgIpc) is 2.42. The van der Waals surface area contributed by atoms with Crippen molar-refractivity contribution in [2.75, 3.05) is 24.8 Å². The normalized spacial score (nSPS) is 16.5. The number of ether oxygens (including phenoxy) is 1. The Morgan fingerprint density at radius 2 is 2.28 bits per heavy atom. The van der Waals surface area contributed by atoms with Crippen LogP contribution in [0.25, 0.3) is 0 Å². The van der Waals surface area contributed by atoms with Gasteiger partial charge in [-0.2, -0.15) is 0 Å². The number of rotatable bonds is 3. The summed E-state index contributed by atoms with van der Waals surface area (Å²) < 4.78 is 5.19. The summed E-state index contributed by atoms with van der Waals surface area (Å²) in [5, 5.41) is 3.15. The van der Waals surface area contributed by atoms with E-state index in [1.165, 1.54) is 18.0 Å². The number of aromatic nitrogens is 2. The van der Waals surface area contributed by atoms with E-state index in [0.29, 0.717) is 31.2 Å². The Bertz CT molecular complexity index is 483. The van der Waals surface area contributed by atoms with E-state index in [4.69, 9.17) is 4.74 Å². The van der Waals surface area contributed by atoms with Gasteiger partial charge in [0.15, 0.2) is 5.16 Å². The SMILES string of the molecule is CSc1ncc(NC(=O)C2CCOCC2)c(=O)[nH]1. The summed E-state index contributed by atoms with van der Waals surface area (Å²) in [5.41, 5.74) is -0.126. The Morgan fingerprint density at radius 1 is 1.56 bits per heavy atom. The number of anilines is 1. The summed E-state index contributed by atoms with van der Waals surface area (Å²) in [4.78, 5) is 30.2. The van der Waals surface area contributed by atoms with Crippen molar-refractivity contribution in [3.05, 3.63) is 16.6 Å². The van der Waals surface area contributed by atoms with Crippen molar-refractivity contribution in [2.24, 2.45) is 5.92 Å². The molecule has 2 heterocycles. The summed E-state index contributed by atoms with van der Waals surface area (Å²) in [6.45, 7) is 1.19. The fourth-order valence-corrected chi connectivity index (χ4v) is 2.12. The molecule has 1 fully saturated rings. The number of aromatic amines is 1. The van der Waals surface area contributed by atoms with Gasteiger partial charge in [-0.05, 0) is 19.1 Å². The molecule has 0 unspecified atom stereocenters. The summed E-state index contributed by atoms with van der Waals surface area (Å²) >= 11 is 1.34. The first-order valence-corrected chi connectivity index (χ1v) is 6.95. The van der Waals surface area contributed by atoms with Gasteiger partial charge in [0.25, 0.3) is 5.56 Å². The van der Waals surface area contributed by atoms with Gasteiger partial charge in [0.1, 0.15) is 5.69 Å². The Labute approximate surface area is 109 Å². The van der Waals surface area contributed by atoms with E-state index in [1.807, 2.05) is 6.26 Å². The van der Waals surface area contributed by atoms with Crippen molar-refractivity contribution < 1.29 is 9.53 Å². The second-order valence-corrected chi connectivity index (χ2v) is 4.81. The molecule has 98 valence electrons. The molecule has 0 aliphatic carbocycles. The van der Waals surface area contributed by atoms with E-state index in [0.717, 1.165) is 0 Å². The summed E-state index contributed by atoms with van der Waals surface area (Å²) in [6, 6.07) is 0. The smallest absolute Gasteiger partial charge is 0.275 e. The van der Waals surface area contributed by atoms with Crippen LogP contribution in [0.4, 0.5) is 5.69 Å². The predicted molar refractivity (Wildman–Crippen MR) is 68.8 cm³/mol. The lowest BCUT2D eigenvalue weighted by atomic mass is 9.99. The van der Waals surface area contributed by atoms with Gasteiger partial charge < -0.3 is 10.1 Å². The van der Waals surface area contributed by atoms with Crippen LogP contribution in [0.2, 0.25) is 0 Å². The first kappa shape index (κ1) is 13.1. The number of nitrogens with zero attached hydrogens (tertiary/aromatic N) is 1. The van der Waals surface area contributed by atoms with E-state index < -0.39 is 0 Å². The van der Waals surface area contributed by atoms with E-state index in [-0.39, 0.29) is 23.1 Å². The third-order valence-corrected chi connectivity index (χ3v) is 3.41. The first-order chi connectivity index (χ1) is 8.70. The maximum absolute atomic E-state index is 11.9. The van der Waals surface area contributed by atoms with Gasteiger partial charge in [0.2, 0.25) is 5.91 Å². The lowest BCUT2D eigenvalue weighted by molar-refractivity contribution is -0.122. The largest absolute Gasteiger partial charge is 0.381 e. The molecule has 7 heteroatoms. The molecular formula is C11H15N3O3S. The number of H-pyrrole nitrogens is 1. The van der Waals surface area contributed by atoms with Crippen molar-refractivity contribution in [1.29, 1.82) is 0 Å². The number of amides is 1. The second kappa shape index (κ2) is 6.01. The van der Waals surface area contributed by atoms with Crippen molar-refractivity contribution in [1.82, 2.24) is 9.97 Å². The zero-order valence-electron chi connectivity index (χ0n) is 10.1. The molecule has 1 amide bonds. The summed E-state index contributed by atoms with van der Waals surface area (Å²) in [7, 11) is 0. The lowest BCUT2D eigenvalue weighted by Crippen LogP contribution is -2.30. The average molecular weight is 269 g/mol. The third kappa shape index (κ3) is 3.11. The van der Waals surface area contributed by atoms with Gasteiger partial charge in [-0.1, -0.05) is 11.8 Å². The molecule has 0 bridgehead atoms. The summed E-state index contributed by atoms with van der Waals surface area (Å²) in [6.07, 6.45) is 4.60. The van der Waals surface area contributed by atoms with Crippen molar-refractivity contribution in [3.63, 3.8) is 0 Å². The first-order valence-electron chi connectivity index (χ1n) is 5.72. The van der Waals surface area contributed by atoms with Crippen molar-refractivity contribution in [3.8, 4) is 0 Å². The molecule has 2 N–H and O–H groups in total. The van der Waals surface area contributed by atoms with Crippen LogP contribution < -0.4 is 10.9 Å². The Kier molecular flexibility index (Phi) is 4.38. The minimum absolute atomic E-state index is 0.0848. The molecule has 1 aliphatic rings. The Morgan fingerprint density at radius 3 is 2.89 bits per heavy atom. The van der Waals surface area contributed by atoms with E-state index in [9.17, 15) is 9.59 Å². The standard InChI is InChI=1S/C11H15N3O3S/c1-18-11-12-6-8(10(16)14-11)13-9(15)7-2-4-17-5-3-7/h6-7H,2-5H2,1H3,(H,13,15)(H,12,14,16). The molecule has 18 heavy (non-hydrogen) atoms. The predicted octanol–water partition coefficient (Wildman–Crippen LogP) is 0.857. The molecule has 0 radical (unpaired) electrons. The second-order valence-electron chi connectivity index (χ2n) is 4.01. The van der Waals surface area contributed by atoms with E-state index in [2.05, 4.69) is 15.3 Å². The van der Waals surface area contributed by atoms with Crippen LogP contribution >= 0.6 is 11.8 Å². The van der Waals surface area contributed by atoms with Crippen LogP contribution in [0, 0.1) is 5.92 Å². The van der Waals surface area contributed by atoms with Crippen LogP contribution in [0.15, 0.2) is 16.1 Å². The third-order valence-electron chi connectivity index (χ3n) is 2.82. The zero-order valence-corrected chi connectivity index (χ0v) is 10.9. The fraction of sp³-hybridized carbons (Fsp3) is 0.545. The summed E-state index contributed by atoms with van der Waals surface area (Å²) in [5.74, 6) is -0.221. The number of nitrogens with one attached hydrogen (secondary N) is 2. The number of thioether (sulfide) groups is 1. The molecule has 0 aromatic carbocycles. The highest BCUT2D eigenvalue weighted by molar-refractivity contribution is 7.98. The Balaban J connectivity index is 2.04. The molecule has 1 aliphatic heterocycles. The van der Waals surface area contributed by atoms with Gasteiger partial charge in [0, 0.05) is 19.1 Å². The topological polar surface area (TPSA) is 84.1 Å². The molecule has 0 spiro atoms. The maximum atomic E-state index is 11.9. The number of hydrogen-bond donors (Lipinski definition) is 2. The van der Waals surface area contributed by atoms with Crippen LogP contribution in [0.3, 0.4) is 0 Å². The molecule has 2 rings (SSSR count). The number of carbonyl (C=O) groups is 1. The van der Waals surface area contributed by atoms with Crippen LogP contribution in [0.1, 0.15) is 12.8 Å². The molecule has 0 atom stereocenters. The number of carbonyl (C=O) groups excluding carboxylic acids is 1. The van der Waals surface area contributed by atoms with E-state index >= 15 is 0 Å². The maximum Gasteiger partial charge on any atom is 0.275 e. The van der Waals surface area contributed by atoms with Crippen molar-refractivity contribution in [2.45, 2.75) is 18.0 Å². The van der Waals surface area contributed by atoms with Crippen molar-refractivity contribution >= 4 is 23.4 Å². The van der Waals surface area contributed by atoms with Crippen LogP contribution in [-0.2, 0) is 9.53 Å². The van der Waals surface area contributed by atoms with Crippen LogP contribution in [0.5, 0.6) is 0 Å². The highest BCUT2D eigenvalue weighted by Gasteiger charge is 2.22. The minimum Gasteiger partial charge on any atom is -0.381 e. The highest BCUT2D eigenvalue weighted by atomic mass is 32.2. The van der Waals surface area contributed by atoms with E-state index in [1.54, 1.807) is 0 Å². The fourth-order valence-electron chi connectivity index (χ4n) is 1.77. The minimum atomic E-state index is -0.324. The zero-order chi connectivity index (χ0) is 13.0. The molecule has 6 nitrogen and oxygen atoms in total. The number of hydrogen-bond acceptors (Lipinski definition) is 5. The molecule has 1 saturated heterocycles. The van der Waals surface area contributed by atoms with Gasteiger partial charge in [-0.3, -0.25) is 14.6 Å². The molecule has 1 aromatic rings. The van der Waals surface area contributed by atoms with Gasteiger partial charge >= 0.3 is 0 Å². The molecule has 1 aromatic heterocycles. The quantitative estimate of drug-likeness (QED) is 0.628. The lowest BCUT2D eigenvalue weighted by Gasteiger charge is -2.20.